The van der Waals surface area contributed by atoms with Gasteiger partial charge in [0.05, 0.1) is 11.4 Å². The van der Waals surface area contributed by atoms with Gasteiger partial charge < -0.3 is 19.4 Å². The predicted octanol–water partition coefficient (Wildman–Crippen LogP) is 1.98. The maximum absolute atomic E-state index is 12.4. The van der Waals surface area contributed by atoms with Crippen LogP contribution >= 0.6 is 11.6 Å². The lowest BCUT2D eigenvalue weighted by molar-refractivity contribution is -0.121. The summed E-state index contributed by atoms with van der Waals surface area (Å²) in [4.78, 5) is 16.7. The maximum Gasteiger partial charge on any atom is 0.224 e. The number of carbonyl (C=O) groups excluding carboxylic acids is 1. The van der Waals surface area contributed by atoms with E-state index in [-0.39, 0.29) is 18.4 Å². The molecule has 126 valence electrons. The molecule has 3 heterocycles. The number of amides is 1. The average Bonchev–Trinajstić information content (AvgIpc) is 3.02. The number of imidazole rings is 1. The third kappa shape index (κ3) is 3.06. The van der Waals surface area contributed by atoms with Gasteiger partial charge in [-0.05, 0) is 24.1 Å². The lowest BCUT2D eigenvalue weighted by atomic mass is 10.1. The Morgan fingerprint density at radius 3 is 3.17 bits per heavy atom. The normalized spacial score (nSPS) is 18.8. The number of aromatic nitrogens is 2. The second-order valence-corrected chi connectivity index (χ2v) is 6.48. The van der Waals surface area contributed by atoms with E-state index in [1.807, 2.05) is 12.3 Å². The number of nitrogens with zero attached hydrogens (tertiary/aromatic N) is 2. The van der Waals surface area contributed by atoms with Gasteiger partial charge in [-0.1, -0.05) is 11.6 Å². The van der Waals surface area contributed by atoms with E-state index in [1.165, 1.54) is 0 Å². The number of aryl methyl sites for hydroxylation is 1. The van der Waals surface area contributed by atoms with Gasteiger partial charge >= 0.3 is 0 Å². The van der Waals surface area contributed by atoms with E-state index in [0.29, 0.717) is 29.7 Å². The summed E-state index contributed by atoms with van der Waals surface area (Å²) in [6.07, 6.45) is 5.81. The lowest BCUT2D eigenvalue weighted by Crippen LogP contribution is -2.41. The molecule has 6 nitrogen and oxygen atoms in total. The molecule has 0 unspecified atom stereocenters. The Hall–Kier alpha value is -2.21. The van der Waals surface area contributed by atoms with E-state index in [1.54, 1.807) is 12.3 Å². The number of benzene rings is 1. The van der Waals surface area contributed by atoms with Crippen molar-refractivity contribution < 1.29 is 14.3 Å². The van der Waals surface area contributed by atoms with Crippen LogP contribution in [0.15, 0.2) is 24.5 Å². The Morgan fingerprint density at radius 2 is 2.25 bits per heavy atom. The first-order valence-electron chi connectivity index (χ1n) is 8.06. The monoisotopic (exact) mass is 347 g/mol. The van der Waals surface area contributed by atoms with Crippen LogP contribution in [0.2, 0.25) is 5.02 Å². The summed E-state index contributed by atoms with van der Waals surface area (Å²) < 4.78 is 13.1. The number of nitrogens with one attached hydrogen (secondary N) is 1. The molecule has 1 N–H and O–H groups in total. The van der Waals surface area contributed by atoms with Crippen molar-refractivity contribution in [1.29, 1.82) is 0 Å². The maximum atomic E-state index is 12.4. The molecule has 1 atom stereocenters. The molecule has 1 amide bonds. The summed E-state index contributed by atoms with van der Waals surface area (Å²) in [6, 6.07) is 3.73. The number of rotatable bonds is 3. The molecule has 0 saturated heterocycles. The largest absolute Gasteiger partial charge is 0.486 e. The Balaban J connectivity index is 1.41. The minimum absolute atomic E-state index is 0.0173. The van der Waals surface area contributed by atoms with Crippen LogP contribution in [0.4, 0.5) is 0 Å². The van der Waals surface area contributed by atoms with Crippen molar-refractivity contribution in [2.24, 2.45) is 0 Å². The minimum Gasteiger partial charge on any atom is -0.486 e. The zero-order valence-corrected chi connectivity index (χ0v) is 13.9. The van der Waals surface area contributed by atoms with Crippen molar-refractivity contribution >= 4 is 17.5 Å². The predicted molar refractivity (Wildman–Crippen MR) is 88.6 cm³/mol. The minimum atomic E-state index is -0.0173. The van der Waals surface area contributed by atoms with Crippen LogP contribution in [0, 0.1) is 0 Å². The molecule has 2 aliphatic heterocycles. The summed E-state index contributed by atoms with van der Waals surface area (Å²) in [5.74, 6) is 2.24. The van der Waals surface area contributed by atoms with Crippen molar-refractivity contribution in [3.63, 3.8) is 0 Å². The van der Waals surface area contributed by atoms with Crippen molar-refractivity contribution in [3.05, 3.63) is 40.9 Å². The molecule has 7 heteroatoms. The zero-order chi connectivity index (χ0) is 16.5. The smallest absolute Gasteiger partial charge is 0.224 e. The molecule has 4 rings (SSSR count). The molecule has 0 fully saturated rings. The van der Waals surface area contributed by atoms with Gasteiger partial charge in [0.2, 0.25) is 5.91 Å². The molecule has 2 aliphatic rings. The molecule has 1 aromatic heterocycles. The number of carbonyl (C=O) groups is 1. The van der Waals surface area contributed by atoms with Crippen molar-refractivity contribution in [1.82, 2.24) is 14.9 Å². The van der Waals surface area contributed by atoms with Gasteiger partial charge in [-0.3, -0.25) is 4.79 Å². The fraction of sp³-hybridized carbons (Fsp3) is 0.412. The van der Waals surface area contributed by atoms with Crippen LogP contribution in [0.25, 0.3) is 0 Å². The first kappa shape index (κ1) is 15.3. The van der Waals surface area contributed by atoms with Gasteiger partial charge in [-0.25, -0.2) is 4.98 Å². The van der Waals surface area contributed by atoms with Gasteiger partial charge in [-0.2, -0.15) is 0 Å². The molecule has 0 spiro atoms. The Labute approximate surface area is 144 Å². The Bertz CT molecular complexity index is 774. The number of halogens is 1. The van der Waals surface area contributed by atoms with Crippen LogP contribution in [-0.2, 0) is 24.2 Å². The van der Waals surface area contributed by atoms with E-state index in [4.69, 9.17) is 21.1 Å². The fourth-order valence-corrected chi connectivity index (χ4v) is 3.50. The van der Waals surface area contributed by atoms with E-state index >= 15 is 0 Å². The average molecular weight is 348 g/mol. The number of hydrogen-bond acceptors (Lipinski definition) is 4. The van der Waals surface area contributed by atoms with Crippen LogP contribution in [0.3, 0.4) is 0 Å². The van der Waals surface area contributed by atoms with E-state index in [2.05, 4.69) is 14.9 Å². The Morgan fingerprint density at radius 1 is 1.38 bits per heavy atom. The third-order valence-corrected chi connectivity index (χ3v) is 4.60. The van der Waals surface area contributed by atoms with Crippen LogP contribution in [0.5, 0.6) is 11.5 Å². The van der Waals surface area contributed by atoms with Crippen molar-refractivity contribution in [2.75, 3.05) is 13.2 Å². The summed E-state index contributed by atoms with van der Waals surface area (Å²) >= 11 is 6.22. The van der Waals surface area contributed by atoms with Gasteiger partial charge in [-0.15, -0.1) is 0 Å². The molecular formula is C17H18ClN3O3. The van der Waals surface area contributed by atoms with Gasteiger partial charge in [0.1, 0.15) is 19.0 Å². The van der Waals surface area contributed by atoms with Crippen LogP contribution in [-0.4, -0.2) is 34.7 Å². The highest BCUT2D eigenvalue weighted by molar-refractivity contribution is 6.32. The fourth-order valence-electron chi connectivity index (χ4n) is 3.21. The second kappa shape index (κ2) is 6.36. The summed E-state index contributed by atoms with van der Waals surface area (Å²) in [6.45, 7) is 1.75. The first-order chi connectivity index (χ1) is 11.7. The highest BCUT2D eigenvalue weighted by Crippen LogP contribution is 2.38. The third-order valence-electron chi connectivity index (χ3n) is 4.32. The van der Waals surface area contributed by atoms with Crippen molar-refractivity contribution in [3.8, 4) is 11.5 Å². The SMILES string of the molecule is O=C(Cc1cc(Cl)c2c(c1)OCCO2)N[C@@H]1CCc2nccn2C1. The standard InChI is InChI=1S/C17H18ClN3O3/c18-13-7-11(8-14-17(13)24-6-5-23-14)9-16(22)20-12-1-2-15-19-3-4-21(15)10-12/h3-4,7-8,12H,1-2,5-6,9-10H2,(H,20,22)/t12-/m1/s1. The summed E-state index contributed by atoms with van der Waals surface area (Å²) in [7, 11) is 0. The lowest BCUT2D eigenvalue weighted by Gasteiger charge is -2.25. The van der Waals surface area contributed by atoms with E-state index in [0.717, 1.165) is 30.8 Å². The molecule has 0 saturated carbocycles. The highest BCUT2D eigenvalue weighted by atomic mass is 35.5. The van der Waals surface area contributed by atoms with Gasteiger partial charge in [0, 0.05) is 31.4 Å². The summed E-state index contributed by atoms with van der Waals surface area (Å²) in [5.41, 5.74) is 0.820. The van der Waals surface area contributed by atoms with Crippen LogP contribution < -0.4 is 14.8 Å². The molecule has 0 radical (unpaired) electrons. The zero-order valence-electron chi connectivity index (χ0n) is 13.1. The Kier molecular flexibility index (Phi) is 4.06. The van der Waals surface area contributed by atoms with Crippen LogP contribution in [0.1, 0.15) is 17.8 Å². The van der Waals surface area contributed by atoms with Crippen molar-refractivity contribution in [2.45, 2.75) is 31.8 Å². The molecule has 1 aromatic carbocycles. The molecular weight excluding hydrogens is 330 g/mol. The first-order valence-corrected chi connectivity index (χ1v) is 8.44. The number of hydrogen-bond donors (Lipinski definition) is 1. The van der Waals surface area contributed by atoms with E-state index in [9.17, 15) is 4.79 Å². The molecule has 24 heavy (non-hydrogen) atoms. The second-order valence-electron chi connectivity index (χ2n) is 6.08. The molecule has 0 bridgehead atoms. The van der Waals surface area contributed by atoms with Gasteiger partial charge in [0.25, 0.3) is 0 Å². The quantitative estimate of drug-likeness (QED) is 0.922. The van der Waals surface area contributed by atoms with E-state index < -0.39 is 0 Å². The van der Waals surface area contributed by atoms with Gasteiger partial charge in [0.15, 0.2) is 11.5 Å². The number of fused-ring (bicyclic) bond motifs is 2. The number of ether oxygens (including phenoxy) is 2. The topological polar surface area (TPSA) is 65.4 Å². The molecule has 2 aromatic rings. The molecule has 0 aliphatic carbocycles. The highest BCUT2D eigenvalue weighted by Gasteiger charge is 2.21. The summed E-state index contributed by atoms with van der Waals surface area (Å²) in [5, 5.41) is 3.58.